The summed E-state index contributed by atoms with van der Waals surface area (Å²) in [6.45, 7) is 1.66. The van der Waals surface area contributed by atoms with E-state index in [1.807, 2.05) is 24.3 Å². The number of hydrogen-bond acceptors (Lipinski definition) is 5. The van der Waals surface area contributed by atoms with Gasteiger partial charge in [-0.25, -0.2) is 9.48 Å². The van der Waals surface area contributed by atoms with Crippen molar-refractivity contribution in [1.82, 2.24) is 15.0 Å². The van der Waals surface area contributed by atoms with Crippen LogP contribution in [0.15, 0.2) is 36.4 Å². The van der Waals surface area contributed by atoms with Gasteiger partial charge in [0.25, 0.3) is 0 Å². The van der Waals surface area contributed by atoms with Gasteiger partial charge in [-0.2, -0.15) is 0 Å². The topological polar surface area (TPSA) is 77.2 Å². The molecule has 0 spiro atoms. The second-order valence-corrected chi connectivity index (χ2v) is 4.59. The number of hydrogen-bond donors (Lipinski definition) is 1. The number of para-hydroxylation sites is 1. The van der Waals surface area contributed by atoms with Crippen molar-refractivity contribution in [3.63, 3.8) is 0 Å². The number of aromatic hydroxyl groups is 1. The Morgan fingerprint density at radius 1 is 1.24 bits per heavy atom. The van der Waals surface area contributed by atoms with Gasteiger partial charge in [-0.3, -0.25) is 0 Å². The number of esters is 1. The van der Waals surface area contributed by atoms with Crippen molar-refractivity contribution in [2.24, 2.45) is 0 Å². The van der Waals surface area contributed by atoms with E-state index in [1.165, 1.54) is 7.11 Å². The average Bonchev–Trinajstić information content (AvgIpc) is 2.93. The van der Waals surface area contributed by atoms with Crippen molar-refractivity contribution < 1.29 is 14.6 Å². The zero-order chi connectivity index (χ0) is 15.0. The number of aromatic nitrogens is 3. The minimum atomic E-state index is -0.488. The van der Waals surface area contributed by atoms with Crippen LogP contribution in [0.25, 0.3) is 16.7 Å². The molecule has 0 atom stereocenters. The van der Waals surface area contributed by atoms with E-state index in [0.29, 0.717) is 16.8 Å². The maximum absolute atomic E-state index is 11.6. The fraction of sp³-hybridized carbons (Fsp3) is 0.133. The number of phenols is 1. The summed E-state index contributed by atoms with van der Waals surface area (Å²) in [5.41, 5.74) is 2.74. The molecule has 6 nitrogen and oxygen atoms in total. The van der Waals surface area contributed by atoms with Gasteiger partial charge in [0.2, 0.25) is 0 Å². The molecule has 0 bridgehead atoms. The SMILES string of the molecule is COC(=O)c1ccc(-n2nnc3ccccc32)c(O)c1C. The normalized spacial score (nSPS) is 10.8. The Morgan fingerprint density at radius 2 is 2.00 bits per heavy atom. The van der Waals surface area contributed by atoms with Crippen molar-refractivity contribution in [3.05, 3.63) is 47.5 Å². The van der Waals surface area contributed by atoms with Crippen LogP contribution in [0.3, 0.4) is 0 Å². The van der Waals surface area contributed by atoms with E-state index >= 15 is 0 Å². The number of carbonyl (C=O) groups excluding carboxylic acids is 1. The van der Waals surface area contributed by atoms with Crippen molar-refractivity contribution in [2.75, 3.05) is 7.11 Å². The Kier molecular flexibility index (Phi) is 3.06. The monoisotopic (exact) mass is 283 g/mol. The highest BCUT2D eigenvalue weighted by Crippen LogP contribution is 2.30. The number of nitrogens with zero attached hydrogens (tertiary/aromatic N) is 3. The van der Waals surface area contributed by atoms with Crippen LogP contribution in [0.1, 0.15) is 15.9 Å². The molecule has 3 rings (SSSR count). The first-order valence-electron chi connectivity index (χ1n) is 6.35. The maximum Gasteiger partial charge on any atom is 0.338 e. The van der Waals surface area contributed by atoms with Gasteiger partial charge in [-0.05, 0) is 31.2 Å². The molecule has 0 aliphatic rings. The molecule has 0 saturated carbocycles. The molecule has 0 aliphatic heterocycles. The lowest BCUT2D eigenvalue weighted by molar-refractivity contribution is 0.0599. The quantitative estimate of drug-likeness (QED) is 0.730. The molecule has 6 heteroatoms. The van der Waals surface area contributed by atoms with Crippen molar-refractivity contribution >= 4 is 17.0 Å². The van der Waals surface area contributed by atoms with Crippen LogP contribution < -0.4 is 0 Å². The van der Waals surface area contributed by atoms with E-state index in [4.69, 9.17) is 0 Å². The Labute approximate surface area is 120 Å². The lowest BCUT2D eigenvalue weighted by atomic mass is 10.1. The predicted octanol–water partition coefficient (Wildman–Crippen LogP) is 2.22. The Balaban J connectivity index is 2.20. The second kappa shape index (κ2) is 4.90. The molecule has 0 radical (unpaired) electrons. The zero-order valence-electron chi connectivity index (χ0n) is 11.6. The van der Waals surface area contributed by atoms with E-state index in [-0.39, 0.29) is 5.75 Å². The summed E-state index contributed by atoms with van der Waals surface area (Å²) in [6, 6.07) is 10.7. The molecule has 1 N–H and O–H groups in total. The van der Waals surface area contributed by atoms with Crippen LogP contribution in [-0.4, -0.2) is 33.2 Å². The number of ether oxygens (including phenoxy) is 1. The summed E-state index contributed by atoms with van der Waals surface area (Å²) >= 11 is 0. The first-order valence-corrected chi connectivity index (χ1v) is 6.35. The fourth-order valence-electron chi connectivity index (χ4n) is 2.23. The van der Waals surface area contributed by atoms with Gasteiger partial charge in [-0.1, -0.05) is 17.3 Å². The third-order valence-electron chi connectivity index (χ3n) is 3.40. The van der Waals surface area contributed by atoms with Crippen LogP contribution in [0.2, 0.25) is 0 Å². The highest BCUT2D eigenvalue weighted by Gasteiger charge is 2.17. The van der Waals surface area contributed by atoms with E-state index < -0.39 is 5.97 Å². The van der Waals surface area contributed by atoms with Crippen LogP contribution in [0.4, 0.5) is 0 Å². The molecular weight excluding hydrogens is 270 g/mol. The minimum Gasteiger partial charge on any atom is -0.505 e. The molecule has 106 valence electrons. The van der Waals surface area contributed by atoms with E-state index in [1.54, 1.807) is 23.7 Å². The fourth-order valence-corrected chi connectivity index (χ4v) is 2.23. The van der Waals surface area contributed by atoms with Gasteiger partial charge in [0, 0.05) is 5.56 Å². The summed E-state index contributed by atoms with van der Waals surface area (Å²) in [5, 5.41) is 18.5. The molecule has 1 aromatic heterocycles. The number of benzene rings is 2. The average molecular weight is 283 g/mol. The number of methoxy groups -OCH3 is 1. The van der Waals surface area contributed by atoms with Crippen LogP contribution in [0.5, 0.6) is 5.75 Å². The molecule has 0 saturated heterocycles. The van der Waals surface area contributed by atoms with Crippen molar-refractivity contribution in [3.8, 4) is 11.4 Å². The summed E-state index contributed by atoms with van der Waals surface area (Å²) in [5.74, 6) is -0.508. The summed E-state index contributed by atoms with van der Waals surface area (Å²) < 4.78 is 6.23. The molecule has 0 unspecified atom stereocenters. The lowest BCUT2D eigenvalue weighted by Gasteiger charge is -2.10. The van der Waals surface area contributed by atoms with Crippen LogP contribution in [0, 0.1) is 6.92 Å². The Hall–Kier alpha value is -2.89. The summed E-state index contributed by atoms with van der Waals surface area (Å²) in [7, 11) is 1.30. The molecule has 21 heavy (non-hydrogen) atoms. The Bertz CT molecular complexity index is 839. The molecule has 1 heterocycles. The molecule has 0 amide bonds. The molecule has 2 aromatic carbocycles. The van der Waals surface area contributed by atoms with Gasteiger partial charge in [0.15, 0.2) is 0 Å². The van der Waals surface area contributed by atoms with E-state index in [2.05, 4.69) is 15.0 Å². The molecular formula is C15H13N3O3. The lowest BCUT2D eigenvalue weighted by Crippen LogP contribution is -2.06. The number of rotatable bonds is 2. The van der Waals surface area contributed by atoms with Gasteiger partial charge in [0.1, 0.15) is 17.0 Å². The van der Waals surface area contributed by atoms with Gasteiger partial charge < -0.3 is 9.84 Å². The predicted molar refractivity (Wildman–Crippen MR) is 76.6 cm³/mol. The minimum absolute atomic E-state index is 0.0199. The summed E-state index contributed by atoms with van der Waals surface area (Å²) in [6.07, 6.45) is 0. The van der Waals surface area contributed by atoms with Crippen LogP contribution >= 0.6 is 0 Å². The number of fused-ring (bicyclic) bond motifs is 1. The van der Waals surface area contributed by atoms with Gasteiger partial charge in [-0.15, -0.1) is 5.10 Å². The van der Waals surface area contributed by atoms with Gasteiger partial charge in [0.05, 0.1) is 18.2 Å². The van der Waals surface area contributed by atoms with E-state index in [9.17, 15) is 9.90 Å². The zero-order valence-corrected chi connectivity index (χ0v) is 11.6. The first-order chi connectivity index (χ1) is 10.1. The van der Waals surface area contributed by atoms with Crippen molar-refractivity contribution in [1.29, 1.82) is 0 Å². The van der Waals surface area contributed by atoms with Gasteiger partial charge >= 0.3 is 5.97 Å². The number of phenolic OH excluding ortho intramolecular Hbond substituents is 1. The molecule has 0 aliphatic carbocycles. The first kappa shape index (κ1) is 13.1. The molecule has 0 fully saturated rings. The van der Waals surface area contributed by atoms with E-state index in [0.717, 1.165) is 11.0 Å². The molecule has 3 aromatic rings. The summed E-state index contributed by atoms with van der Waals surface area (Å²) in [4.78, 5) is 11.6. The third kappa shape index (κ3) is 2.01. The third-order valence-corrected chi connectivity index (χ3v) is 3.40. The smallest absolute Gasteiger partial charge is 0.338 e. The largest absolute Gasteiger partial charge is 0.505 e. The number of carbonyl (C=O) groups is 1. The highest BCUT2D eigenvalue weighted by atomic mass is 16.5. The van der Waals surface area contributed by atoms with Crippen LogP contribution in [-0.2, 0) is 4.74 Å². The standard InChI is InChI=1S/C15H13N3O3/c1-9-10(15(20)21-2)7-8-13(14(9)19)18-12-6-4-3-5-11(12)16-17-18/h3-8,19H,1-2H3. The Morgan fingerprint density at radius 3 is 2.76 bits per heavy atom. The maximum atomic E-state index is 11.6. The highest BCUT2D eigenvalue weighted by molar-refractivity contribution is 5.92. The van der Waals surface area contributed by atoms with Crippen molar-refractivity contribution in [2.45, 2.75) is 6.92 Å². The second-order valence-electron chi connectivity index (χ2n) is 4.59.